The number of aryl methyl sites for hydroxylation is 1. The topological polar surface area (TPSA) is 0 Å². The molecule has 0 aromatic heterocycles. The summed E-state index contributed by atoms with van der Waals surface area (Å²) >= 11 is 0. The van der Waals surface area contributed by atoms with Crippen LogP contribution in [0.2, 0.25) is 0 Å². The molecule has 4 aromatic rings. The summed E-state index contributed by atoms with van der Waals surface area (Å²) in [5.41, 5.74) is 4.13. The summed E-state index contributed by atoms with van der Waals surface area (Å²) in [4.78, 5) is 0. The van der Waals surface area contributed by atoms with Crippen LogP contribution in [-0.4, -0.2) is 0 Å². The average molecular weight is 415 g/mol. The lowest BCUT2D eigenvalue weighted by molar-refractivity contribution is 0.625. The summed E-state index contributed by atoms with van der Waals surface area (Å²) in [6.45, 7) is 2.24. The Bertz CT molecular complexity index is 1180. The minimum Gasteiger partial charge on any atom is -0.207 e. The first-order valence-corrected chi connectivity index (χ1v) is 11.2. The predicted molar refractivity (Wildman–Crippen MR) is 127 cm³/mol. The molecular formula is C29H28F2. The van der Waals surface area contributed by atoms with Crippen molar-refractivity contribution in [2.24, 2.45) is 0 Å². The van der Waals surface area contributed by atoms with Crippen molar-refractivity contribution in [3.63, 3.8) is 0 Å². The van der Waals surface area contributed by atoms with E-state index in [1.165, 1.54) is 61.3 Å². The average Bonchev–Trinajstić information content (AvgIpc) is 2.78. The number of hydrogen-bond acceptors (Lipinski definition) is 0. The Hall–Kier alpha value is -3.00. The van der Waals surface area contributed by atoms with Crippen molar-refractivity contribution in [3.8, 4) is 22.3 Å². The highest BCUT2D eigenvalue weighted by Gasteiger charge is 2.09. The molecule has 0 aliphatic heterocycles. The highest BCUT2D eigenvalue weighted by Crippen LogP contribution is 2.30. The predicted octanol–water partition coefficient (Wildman–Crippen LogP) is 8.96. The first-order chi connectivity index (χ1) is 15.1. The summed E-state index contributed by atoms with van der Waals surface area (Å²) in [6, 6.07) is 24.1. The Morgan fingerprint density at radius 1 is 0.613 bits per heavy atom. The molecule has 0 saturated carbocycles. The van der Waals surface area contributed by atoms with Crippen LogP contribution in [0.25, 0.3) is 33.0 Å². The molecule has 0 amide bonds. The lowest BCUT2D eigenvalue weighted by Crippen LogP contribution is -1.89. The van der Waals surface area contributed by atoms with E-state index in [1.807, 2.05) is 12.1 Å². The second-order valence-electron chi connectivity index (χ2n) is 8.27. The van der Waals surface area contributed by atoms with Gasteiger partial charge < -0.3 is 0 Å². The summed E-state index contributed by atoms with van der Waals surface area (Å²) in [5, 5.41) is 2.37. The van der Waals surface area contributed by atoms with Crippen molar-refractivity contribution in [2.75, 3.05) is 0 Å². The Morgan fingerprint density at radius 3 is 2.16 bits per heavy atom. The minimum atomic E-state index is -0.365. The van der Waals surface area contributed by atoms with Crippen molar-refractivity contribution in [1.29, 1.82) is 0 Å². The number of rotatable bonds is 8. The number of halogens is 2. The summed E-state index contributed by atoms with van der Waals surface area (Å²) in [6.07, 6.45) is 7.57. The van der Waals surface area contributed by atoms with Crippen molar-refractivity contribution in [2.45, 2.75) is 45.4 Å². The fraction of sp³-hybridized carbons (Fsp3) is 0.241. The molecule has 0 spiro atoms. The van der Waals surface area contributed by atoms with Gasteiger partial charge in [-0.3, -0.25) is 0 Å². The minimum absolute atomic E-state index is 0.346. The van der Waals surface area contributed by atoms with Gasteiger partial charge in [0.05, 0.1) is 0 Å². The van der Waals surface area contributed by atoms with Gasteiger partial charge in [0.25, 0.3) is 0 Å². The Balaban J connectivity index is 1.53. The molecule has 0 aliphatic carbocycles. The Morgan fingerprint density at radius 2 is 1.35 bits per heavy atom. The molecule has 158 valence electrons. The third-order valence-corrected chi connectivity index (χ3v) is 5.91. The van der Waals surface area contributed by atoms with E-state index in [0.29, 0.717) is 11.1 Å². The quantitative estimate of drug-likeness (QED) is 0.252. The van der Waals surface area contributed by atoms with E-state index in [0.717, 1.165) is 22.9 Å². The third kappa shape index (κ3) is 5.19. The lowest BCUT2D eigenvalue weighted by Gasteiger charge is -2.09. The normalized spacial score (nSPS) is 11.2. The number of hydrogen-bond donors (Lipinski definition) is 0. The van der Waals surface area contributed by atoms with Crippen LogP contribution in [-0.2, 0) is 6.42 Å². The van der Waals surface area contributed by atoms with Crippen LogP contribution in [0.15, 0.2) is 78.9 Å². The zero-order valence-electron chi connectivity index (χ0n) is 18.0. The molecule has 0 saturated heterocycles. The van der Waals surface area contributed by atoms with Crippen LogP contribution in [0, 0.1) is 11.6 Å². The van der Waals surface area contributed by atoms with Crippen molar-refractivity contribution >= 4 is 10.8 Å². The van der Waals surface area contributed by atoms with Crippen molar-refractivity contribution in [1.82, 2.24) is 0 Å². The maximum absolute atomic E-state index is 14.8. The van der Waals surface area contributed by atoms with Crippen LogP contribution >= 0.6 is 0 Å². The monoisotopic (exact) mass is 414 g/mol. The van der Waals surface area contributed by atoms with Gasteiger partial charge in [0, 0.05) is 5.56 Å². The van der Waals surface area contributed by atoms with E-state index in [-0.39, 0.29) is 11.6 Å². The standard InChI is InChI=1S/C29H28F2/c1-2-3-4-5-6-8-21-11-12-23-18-24(14-13-22(23)17-21)25-15-16-28(29(31)20-25)26-9-7-10-27(30)19-26/h7,9-20H,2-6,8H2,1H3. The molecule has 0 radical (unpaired) electrons. The number of benzene rings is 4. The highest BCUT2D eigenvalue weighted by molar-refractivity contribution is 5.88. The summed E-state index contributed by atoms with van der Waals surface area (Å²) in [5.74, 6) is -0.711. The van der Waals surface area contributed by atoms with Crippen LogP contribution in [0.4, 0.5) is 8.78 Å². The smallest absolute Gasteiger partial charge is 0.131 e. The molecule has 0 N–H and O–H groups in total. The van der Waals surface area contributed by atoms with E-state index >= 15 is 0 Å². The van der Waals surface area contributed by atoms with Crippen molar-refractivity contribution < 1.29 is 8.78 Å². The highest BCUT2D eigenvalue weighted by atomic mass is 19.1. The van der Waals surface area contributed by atoms with Crippen LogP contribution in [0.3, 0.4) is 0 Å². The van der Waals surface area contributed by atoms with Gasteiger partial charge >= 0.3 is 0 Å². The third-order valence-electron chi connectivity index (χ3n) is 5.91. The van der Waals surface area contributed by atoms with E-state index in [9.17, 15) is 8.78 Å². The second-order valence-corrected chi connectivity index (χ2v) is 8.27. The van der Waals surface area contributed by atoms with Gasteiger partial charge in [0.2, 0.25) is 0 Å². The number of unbranched alkanes of at least 4 members (excludes halogenated alkanes) is 4. The first kappa shape index (κ1) is 21.2. The van der Waals surface area contributed by atoms with Gasteiger partial charge in [-0.1, -0.05) is 87.2 Å². The summed E-state index contributed by atoms with van der Waals surface area (Å²) < 4.78 is 28.3. The molecule has 4 rings (SSSR count). The van der Waals surface area contributed by atoms with Crippen LogP contribution in [0.5, 0.6) is 0 Å². The fourth-order valence-electron chi connectivity index (χ4n) is 4.15. The Labute approximate surface area is 183 Å². The molecular weight excluding hydrogens is 386 g/mol. The molecule has 0 nitrogen and oxygen atoms in total. The lowest BCUT2D eigenvalue weighted by atomic mass is 9.96. The molecule has 0 atom stereocenters. The fourth-order valence-corrected chi connectivity index (χ4v) is 4.15. The molecule has 4 aromatic carbocycles. The maximum Gasteiger partial charge on any atom is 0.131 e. The molecule has 0 bridgehead atoms. The van der Waals surface area contributed by atoms with E-state index < -0.39 is 0 Å². The molecule has 0 heterocycles. The molecule has 0 fully saturated rings. The zero-order valence-corrected chi connectivity index (χ0v) is 18.0. The zero-order chi connectivity index (χ0) is 21.6. The van der Waals surface area contributed by atoms with Gasteiger partial charge in [-0.2, -0.15) is 0 Å². The first-order valence-electron chi connectivity index (χ1n) is 11.2. The van der Waals surface area contributed by atoms with Gasteiger partial charge in [-0.15, -0.1) is 0 Å². The SMILES string of the molecule is CCCCCCCc1ccc2cc(-c3ccc(-c4cccc(F)c4)c(F)c3)ccc2c1. The molecule has 0 aliphatic rings. The second kappa shape index (κ2) is 9.87. The van der Waals surface area contributed by atoms with E-state index in [1.54, 1.807) is 18.2 Å². The molecule has 31 heavy (non-hydrogen) atoms. The van der Waals surface area contributed by atoms with Gasteiger partial charge in [-0.05, 0) is 70.1 Å². The Kier molecular flexibility index (Phi) is 6.76. The van der Waals surface area contributed by atoms with E-state index in [2.05, 4.69) is 37.3 Å². The molecule has 2 heteroatoms. The van der Waals surface area contributed by atoms with Crippen LogP contribution in [0.1, 0.15) is 44.6 Å². The molecule has 0 unspecified atom stereocenters. The van der Waals surface area contributed by atoms with Gasteiger partial charge in [0.15, 0.2) is 0 Å². The largest absolute Gasteiger partial charge is 0.207 e. The van der Waals surface area contributed by atoms with Crippen molar-refractivity contribution in [3.05, 3.63) is 96.1 Å². The van der Waals surface area contributed by atoms with E-state index in [4.69, 9.17) is 0 Å². The summed E-state index contributed by atoms with van der Waals surface area (Å²) in [7, 11) is 0. The number of fused-ring (bicyclic) bond motifs is 1. The van der Waals surface area contributed by atoms with Gasteiger partial charge in [-0.25, -0.2) is 8.78 Å². The maximum atomic E-state index is 14.8. The van der Waals surface area contributed by atoms with Gasteiger partial charge in [0.1, 0.15) is 11.6 Å². The van der Waals surface area contributed by atoms with Crippen LogP contribution < -0.4 is 0 Å².